The van der Waals surface area contributed by atoms with Gasteiger partial charge in [-0.25, -0.2) is 4.98 Å². The third-order valence-electron chi connectivity index (χ3n) is 5.05. The third-order valence-corrected chi connectivity index (χ3v) is 5.05. The van der Waals surface area contributed by atoms with Gasteiger partial charge < -0.3 is 9.68 Å². The molecular formula is C25H17BN3O2. The van der Waals surface area contributed by atoms with Gasteiger partial charge in [-0.15, -0.1) is 0 Å². The van der Waals surface area contributed by atoms with E-state index in [1.807, 2.05) is 48.5 Å². The van der Waals surface area contributed by atoms with Crippen molar-refractivity contribution in [2.75, 3.05) is 0 Å². The second-order valence-electron chi connectivity index (χ2n) is 6.96. The van der Waals surface area contributed by atoms with Gasteiger partial charge in [0.1, 0.15) is 0 Å². The Balaban J connectivity index is 1.55. The van der Waals surface area contributed by atoms with E-state index in [1.165, 1.54) is 16.3 Å². The van der Waals surface area contributed by atoms with Crippen LogP contribution in [0.15, 0.2) is 97.1 Å². The van der Waals surface area contributed by atoms with Crippen molar-refractivity contribution < 1.29 is 9.68 Å². The van der Waals surface area contributed by atoms with Crippen LogP contribution in [-0.2, 0) is 0 Å². The lowest BCUT2D eigenvalue weighted by molar-refractivity contribution is 0.430. The summed E-state index contributed by atoms with van der Waals surface area (Å²) in [5.41, 5.74) is 3.94. The standard InChI is InChI=1S/C25H17BN3O2/c30-26-31-25-28-23(19-8-2-1-3-9-19)27-24(29-25)20-15-13-18(14-16-20)22-12-6-10-17-7-4-5-11-21(17)22/h1-16,30H. The lowest BCUT2D eigenvalue weighted by atomic mass is 9.97. The van der Waals surface area contributed by atoms with E-state index in [4.69, 9.17) is 9.68 Å². The molecule has 0 aliphatic heterocycles. The second-order valence-corrected chi connectivity index (χ2v) is 6.96. The summed E-state index contributed by atoms with van der Waals surface area (Å²) in [6.07, 6.45) is 0. The summed E-state index contributed by atoms with van der Waals surface area (Å²) < 4.78 is 5.04. The summed E-state index contributed by atoms with van der Waals surface area (Å²) in [5.74, 6) is 0.941. The molecule has 1 aromatic heterocycles. The molecule has 147 valence electrons. The molecule has 31 heavy (non-hydrogen) atoms. The number of aromatic nitrogens is 3. The highest BCUT2D eigenvalue weighted by molar-refractivity contribution is 6.17. The SMILES string of the molecule is O[B]Oc1nc(-c2ccccc2)nc(-c2ccc(-c3cccc4ccccc34)cc2)n1. The lowest BCUT2D eigenvalue weighted by Gasteiger charge is -2.09. The van der Waals surface area contributed by atoms with E-state index in [0.717, 1.165) is 16.7 Å². The highest BCUT2D eigenvalue weighted by Gasteiger charge is 2.12. The second kappa shape index (κ2) is 8.38. The van der Waals surface area contributed by atoms with Gasteiger partial charge in [0.05, 0.1) is 0 Å². The molecule has 0 saturated carbocycles. The molecule has 0 spiro atoms. The predicted octanol–water partition coefficient (Wildman–Crippen LogP) is 4.93. The quantitative estimate of drug-likeness (QED) is 0.422. The van der Waals surface area contributed by atoms with E-state index in [0.29, 0.717) is 19.3 Å². The van der Waals surface area contributed by atoms with E-state index in [9.17, 15) is 0 Å². The first kappa shape index (κ1) is 19.0. The van der Waals surface area contributed by atoms with Crippen LogP contribution in [0, 0.1) is 0 Å². The predicted molar refractivity (Wildman–Crippen MR) is 122 cm³/mol. The molecule has 0 amide bonds. The fourth-order valence-corrected chi connectivity index (χ4v) is 3.58. The van der Waals surface area contributed by atoms with Gasteiger partial charge in [0.2, 0.25) is 0 Å². The van der Waals surface area contributed by atoms with Crippen molar-refractivity contribution in [1.82, 2.24) is 15.0 Å². The molecule has 1 radical (unpaired) electrons. The van der Waals surface area contributed by atoms with Gasteiger partial charge in [0.25, 0.3) is 0 Å². The van der Waals surface area contributed by atoms with Gasteiger partial charge in [0.15, 0.2) is 11.6 Å². The largest absolute Gasteiger partial charge is 0.571 e. The Morgan fingerprint density at radius 1 is 0.581 bits per heavy atom. The molecule has 0 fully saturated rings. The van der Waals surface area contributed by atoms with E-state index < -0.39 is 0 Å². The summed E-state index contributed by atoms with van der Waals surface area (Å²) in [6, 6.07) is 32.3. The van der Waals surface area contributed by atoms with Crippen LogP contribution in [0.25, 0.3) is 44.7 Å². The number of nitrogens with zero attached hydrogens (tertiary/aromatic N) is 3. The molecule has 0 saturated heterocycles. The summed E-state index contributed by atoms with van der Waals surface area (Å²) in [6.45, 7) is 0. The number of hydrogen-bond acceptors (Lipinski definition) is 5. The number of benzene rings is 4. The van der Waals surface area contributed by atoms with Crippen molar-refractivity contribution >= 4 is 18.5 Å². The molecule has 5 aromatic rings. The van der Waals surface area contributed by atoms with E-state index in [2.05, 4.69) is 63.5 Å². The lowest BCUT2D eigenvalue weighted by Crippen LogP contribution is -2.06. The molecule has 5 nitrogen and oxygen atoms in total. The van der Waals surface area contributed by atoms with Gasteiger partial charge in [0, 0.05) is 11.1 Å². The summed E-state index contributed by atoms with van der Waals surface area (Å²) in [5, 5.41) is 11.5. The van der Waals surface area contributed by atoms with Crippen LogP contribution in [0.3, 0.4) is 0 Å². The number of fused-ring (bicyclic) bond motifs is 1. The van der Waals surface area contributed by atoms with Gasteiger partial charge in [-0.2, -0.15) is 9.97 Å². The van der Waals surface area contributed by atoms with Gasteiger partial charge >= 0.3 is 13.7 Å². The maximum absolute atomic E-state index is 9.04. The Hall–Kier alpha value is -4.03. The van der Waals surface area contributed by atoms with Crippen LogP contribution in [0.1, 0.15) is 0 Å². The summed E-state index contributed by atoms with van der Waals surface area (Å²) >= 11 is 0. The van der Waals surface area contributed by atoms with Gasteiger partial charge in [-0.3, -0.25) is 0 Å². The summed E-state index contributed by atoms with van der Waals surface area (Å²) in [4.78, 5) is 13.2. The first-order valence-electron chi connectivity index (χ1n) is 9.84. The van der Waals surface area contributed by atoms with Crippen molar-refractivity contribution in [2.24, 2.45) is 0 Å². The monoisotopic (exact) mass is 402 g/mol. The smallest absolute Gasteiger partial charge is 0.508 e. The van der Waals surface area contributed by atoms with E-state index >= 15 is 0 Å². The maximum atomic E-state index is 9.04. The van der Waals surface area contributed by atoms with Crippen LogP contribution in [0.5, 0.6) is 6.01 Å². The van der Waals surface area contributed by atoms with Crippen LogP contribution >= 0.6 is 0 Å². The zero-order valence-corrected chi connectivity index (χ0v) is 16.5. The maximum Gasteiger partial charge on any atom is 0.571 e. The molecule has 5 rings (SSSR count). The Bertz CT molecular complexity index is 1340. The molecule has 1 N–H and O–H groups in total. The molecule has 0 bridgehead atoms. The van der Waals surface area contributed by atoms with E-state index in [1.54, 1.807) is 0 Å². The Morgan fingerprint density at radius 3 is 1.94 bits per heavy atom. The van der Waals surface area contributed by atoms with Crippen LogP contribution in [-0.4, -0.2) is 27.7 Å². The van der Waals surface area contributed by atoms with Crippen LogP contribution in [0.2, 0.25) is 0 Å². The number of rotatable bonds is 5. The normalized spacial score (nSPS) is 10.7. The zero-order valence-electron chi connectivity index (χ0n) is 16.5. The van der Waals surface area contributed by atoms with E-state index in [-0.39, 0.29) is 6.01 Å². The first-order chi connectivity index (χ1) is 15.3. The molecule has 6 heteroatoms. The Morgan fingerprint density at radius 2 is 1.19 bits per heavy atom. The minimum Gasteiger partial charge on any atom is -0.508 e. The third kappa shape index (κ3) is 3.89. The molecule has 0 aliphatic rings. The van der Waals surface area contributed by atoms with Crippen LogP contribution < -0.4 is 4.65 Å². The molecule has 4 aromatic carbocycles. The highest BCUT2D eigenvalue weighted by Crippen LogP contribution is 2.30. The molecule has 0 unspecified atom stereocenters. The Kier molecular flexibility index (Phi) is 5.13. The zero-order chi connectivity index (χ0) is 21.0. The van der Waals surface area contributed by atoms with Crippen molar-refractivity contribution in [1.29, 1.82) is 0 Å². The van der Waals surface area contributed by atoms with Crippen molar-refractivity contribution in [3.05, 3.63) is 97.1 Å². The highest BCUT2D eigenvalue weighted by atomic mass is 16.5. The first-order valence-corrected chi connectivity index (χ1v) is 9.84. The van der Waals surface area contributed by atoms with Crippen molar-refractivity contribution in [3.63, 3.8) is 0 Å². The minimum atomic E-state index is 0.0319. The molecule has 0 atom stereocenters. The van der Waals surface area contributed by atoms with Gasteiger partial charge in [-0.1, -0.05) is 97.1 Å². The summed E-state index contributed by atoms with van der Waals surface area (Å²) in [7, 11) is 0.567. The Labute approximate surface area is 180 Å². The molecular weight excluding hydrogens is 385 g/mol. The van der Waals surface area contributed by atoms with Crippen molar-refractivity contribution in [3.8, 4) is 39.9 Å². The topological polar surface area (TPSA) is 68.1 Å². The fourth-order valence-electron chi connectivity index (χ4n) is 3.58. The van der Waals surface area contributed by atoms with Crippen LogP contribution in [0.4, 0.5) is 0 Å². The average molecular weight is 402 g/mol. The minimum absolute atomic E-state index is 0.0319. The van der Waals surface area contributed by atoms with Gasteiger partial charge in [-0.05, 0) is 21.9 Å². The van der Waals surface area contributed by atoms with Crippen molar-refractivity contribution in [2.45, 2.75) is 0 Å². The average Bonchev–Trinajstić information content (AvgIpc) is 2.84. The molecule has 0 aliphatic carbocycles. The number of hydrogen-bond donors (Lipinski definition) is 1. The molecule has 1 heterocycles. The fraction of sp³-hybridized carbons (Fsp3) is 0.